The zero-order valence-corrected chi connectivity index (χ0v) is 73.4. The lowest BCUT2D eigenvalue weighted by Crippen LogP contribution is -2.32. The number of alkyl halides is 2. The van der Waals surface area contributed by atoms with Crippen LogP contribution in [0, 0.1) is 68.1 Å². The molecule has 6 nitrogen and oxygen atoms in total. The summed E-state index contributed by atoms with van der Waals surface area (Å²) in [5, 5.41) is 50.2. The molecule has 8 rings (SSSR count). The molecule has 5 N–H and O–H groups in total. The van der Waals surface area contributed by atoms with Crippen molar-refractivity contribution in [2.45, 2.75) is 290 Å². The summed E-state index contributed by atoms with van der Waals surface area (Å²) in [5.41, 5.74) is 11.2. The van der Waals surface area contributed by atoms with Gasteiger partial charge in [-0.15, -0.1) is 0 Å². The zero-order chi connectivity index (χ0) is 83.3. The van der Waals surface area contributed by atoms with Crippen molar-refractivity contribution in [3.8, 4) is 0 Å². The normalized spacial score (nSPS) is 14.2. The summed E-state index contributed by atoms with van der Waals surface area (Å²) in [6, 6.07) is 76.8. The quantitative estimate of drug-likeness (QED) is 0.0412. The summed E-state index contributed by atoms with van der Waals surface area (Å²) >= 11 is 0. The van der Waals surface area contributed by atoms with E-state index in [9.17, 15) is 34.3 Å². The van der Waals surface area contributed by atoms with Gasteiger partial charge in [0, 0.05) is 35.5 Å². The second-order valence-electron chi connectivity index (χ2n) is 35.3. The number of ether oxygens (including phenoxy) is 1. The first kappa shape index (κ1) is 100. The molecule has 0 saturated heterocycles. The molecule has 606 valence electrons. The summed E-state index contributed by atoms with van der Waals surface area (Å²) in [6.45, 7) is 59.7. The number of aryl methyl sites for hydroxylation is 3. The molecule has 0 fully saturated rings. The van der Waals surface area contributed by atoms with Gasteiger partial charge in [-0.25, -0.2) is 0 Å². The van der Waals surface area contributed by atoms with Crippen LogP contribution in [0.15, 0.2) is 224 Å². The monoisotopic (exact) mass is 1500 g/mol. The SMILES string of the molecule is CC(C)[C@@H](c1ccccc1)C(C)(C)O.CC(C)[C@@H](c1ccccc1)C(C)(C)O.CC(C)[C@H](C)c1ccccc1.CC(C)[C@H](C)c1ccccc1.CC(C)[C@H](COC(F)F)c1ccccc1.Cc1ccc([C@H](C(C)C)C(C)(C)O)cc1.Cc1ccc([C@H](C(C)C)C(C)(C)O)cc1.Cc1ccc([C@H](C(C)C)[C@@H](C)O)cc1. The third kappa shape index (κ3) is 38.9. The Morgan fingerprint density at radius 3 is 0.661 bits per heavy atom. The first-order valence-electron chi connectivity index (χ1n) is 40.5. The van der Waals surface area contributed by atoms with Gasteiger partial charge >= 0.3 is 6.61 Å². The molecule has 0 aromatic heterocycles. The molecule has 0 heterocycles. The molecule has 109 heavy (non-hydrogen) atoms. The summed E-state index contributed by atoms with van der Waals surface area (Å²) in [7, 11) is 0. The molecule has 0 amide bonds. The second-order valence-corrected chi connectivity index (χ2v) is 35.3. The summed E-state index contributed by atoms with van der Waals surface area (Å²) in [5.74, 6) is 6.39. The van der Waals surface area contributed by atoms with Crippen LogP contribution in [-0.2, 0) is 4.74 Å². The Kier molecular flexibility index (Phi) is 45.8. The van der Waals surface area contributed by atoms with Crippen molar-refractivity contribution >= 4 is 0 Å². The Hall–Kier alpha value is -6.62. The Bertz CT molecular complexity index is 3340. The average Bonchev–Trinajstić information content (AvgIpc) is 0.837. The van der Waals surface area contributed by atoms with E-state index in [0.717, 1.165) is 17.4 Å². The summed E-state index contributed by atoms with van der Waals surface area (Å²) in [6.07, 6.45) is -0.280. The molecule has 0 aliphatic carbocycles. The van der Waals surface area contributed by atoms with Gasteiger partial charge in [0.2, 0.25) is 0 Å². The molecular formula is C101H152F2O6. The van der Waals surface area contributed by atoms with E-state index in [-0.39, 0.29) is 54.1 Å². The van der Waals surface area contributed by atoms with Crippen molar-refractivity contribution in [2.75, 3.05) is 6.61 Å². The Balaban J connectivity index is 0.000000624. The maximum Gasteiger partial charge on any atom is 0.345 e. The zero-order valence-electron chi connectivity index (χ0n) is 73.4. The highest BCUT2D eigenvalue weighted by atomic mass is 19.3. The lowest BCUT2D eigenvalue weighted by molar-refractivity contribution is -0.134. The van der Waals surface area contributed by atoms with Crippen LogP contribution in [0.5, 0.6) is 0 Å². The van der Waals surface area contributed by atoms with Gasteiger partial charge in [-0.2, -0.15) is 8.78 Å². The van der Waals surface area contributed by atoms with Gasteiger partial charge < -0.3 is 30.3 Å². The van der Waals surface area contributed by atoms with Crippen molar-refractivity contribution in [2.24, 2.45) is 47.3 Å². The average molecular weight is 1500 g/mol. The lowest BCUT2D eigenvalue weighted by Gasteiger charge is -2.33. The molecule has 0 unspecified atom stereocenters. The molecular weight excluding hydrogens is 1350 g/mol. The predicted molar refractivity (Wildman–Crippen MR) is 467 cm³/mol. The van der Waals surface area contributed by atoms with Crippen molar-refractivity contribution in [1.82, 2.24) is 0 Å². The fourth-order valence-electron chi connectivity index (χ4n) is 15.1. The Morgan fingerprint density at radius 1 is 0.266 bits per heavy atom. The highest BCUT2D eigenvalue weighted by Gasteiger charge is 2.34. The number of hydrogen-bond acceptors (Lipinski definition) is 6. The van der Waals surface area contributed by atoms with Crippen molar-refractivity contribution < 1.29 is 39.1 Å². The molecule has 8 aromatic rings. The first-order valence-corrected chi connectivity index (χ1v) is 40.5. The predicted octanol–water partition coefficient (Wildman–Crippen LogP) is 27.1. The highest BCUT2D eigenvalue weighted by molar-refractivity contribution is 5.31. The van der Waals surface area contributed by atoms with E-state index in [0.29, 0.717) is 41.4 Å². The largest absolute Gasteiger partial charge is 0.393 e. The van der Waals surface area contributed by atoms with Gasteiger partial charge in [0.1, 0.15) is 0 Å². The minimum absolute atomic E-state index is 0.0280. The minimum atomic E-state index is -2.69. The minimum Gasteiger partial charge on any atom is -0.393 e. The van der Waals surface area contributed by atoms with E-state index in [2.05, 4.69) is 294 Å². The molecule has 0 spiro atoms. The van der Waals surface area contributed by atoms with Gasteiger partial charge in [0.15, 0.2) is 0 Å². The van der Waals surface area contributed by atoms with Gasteiger partial charge in [0.25, 0.3) is 0 Å². The first-order chi connectivity index (χ1) is 50.6. The molecule has 8 aromatic carbocycles. The number of halogens is 2. The van der Waals surface area contributed by atoms with Gasteiger partial charge in [-0.3, -0.25) is 0 Å². The maximum atomic E-state index is 12.0. The third-order valence-electron chi connectivity index (χ3n) is 20.7. The standard InChI is InChI=1S/2C14H22O.3C13H20O.C12H16F2O.2C11H16/c2*1-10(2)13(14(4,5)15)12-8-6-11(3)7-9-12;1-9(2)13(11(4)14)12-7-5-10(3)6-8-12;2*1-10(2)12(13(3,4)14)11-8-6-5-7-9-11;1-9(2)11(8-15-12(13)14)10-6-4-3-5-7-10;2*1-9(2)10(3)11-7-5-4-6-8-11/h2*6-10,13,15H,1-5H3;5-9,11,13-14H,1-4H3;2*5-10,12,14H,1-4H3;3-7,9,11-12H,8H2,1-2H3;2*4-10H,1-3H3/t2*13-;11-,13-;2*12-;11-;2*10-/m00100000/s1. The molecule has 0 aliphatic rings. The number of hydrogen-bond donors (Lipinski definition) is 5. The lowest BCUT2D eigenvalue weighted by atomic mass is 9.77. The van der Waals surface area contributed by atoms with Crippen LogP contribution in [0.25, 0.3) is 0 Å². The van der Waals surface area contributed by atoms with Gasteiger partial charge in [-0.1, -0.05) is 366 Å². The van der Waals surface area contributed by atoms with Crippen LogP contribution < -0.4 is 0 Å². The topological polar surface area (TPSA) is 110 Å². The highest BCUT2D eigenvalue weighted by Crippen LogP contribution is 2.39. The summed E-state index contributed by atoms with van der Waals surface area (Å²) < 4.78 is 28.3. The van der Waals surface area contributed by atoms with Crippen molar-refractivity contribution in [3.05, 3.63) is 286 Å². The van der Waals surface area contributed by atoms with Crippen molar-refractivity contribution in [1.29, 1.82) is 0 Å². The second kappa shape index (κ2) is 49.7. The van der Waals surface area contributed by atoms with E-state index >= 15 is 0 Å². The van der Waals surface area contributed by atoms with Gasteiger partial charge in [-0.05, 0) is 187 Å². The van der Waals surface area contributed by atoms with Crippen LogP contribution in [0.4, 0.5) is 8.78 Å². The molecule has 8 heteroatoms. The molecule has 0 radical (unpaired) electrons. The van der Waals surface area contributed by atoms with E-state index in [4.69, 9.17) is 0 Å². The van der Waals surface area contributed by atoms with Crippen LogP contribution in [0.1, 0.15) is 295 Å². The van der Waals surface area contributed by atoms with E-state index in [1.807, 2.05) is 143 Å². The van der Waals surface area contributed by atoms with Crippen molar-refractivity contribution in [3.63, 3.8) is 0 Å². The number of benzene rings is 8. The Labute approximate surface area is 665 Å². The van der Waals surface area contributed by atoms with Crippen LogP contribution >= 0.6 is 0 Å². The molecule has 0 saturated carbocycles. The summed E-state index contributed by atoms with van der Waals surface area (Å²) in [4.78, 5) is 0. The van der Waals surface area contributed by atoms with E-state index < -0.39 is 29.0 Å². The number of rotatable bonds is 24. The molecule has 0 bridgehead atoms. The van der Waals surface area contributed by atoms with Crippen LogP contribution in [0.3, 0.4) is 0 Å². The number of aliphatic hydroxyl groups is 5. The molecule has 9 atom stereocenters. The maximum absolute atomic E-state index is 12.0. The Morgan fingerprint density at radius 2 is 0.477 bits per heavy atom. The fraction of sp³-hybridized carbons (Fsp3) is 0.525. The van der Waals surface area contributed by atoms with E-state index in [1.165, 1.54) is 55.6 Å². The van der Waals surface area contributed by atoms with E-state index in [1.54, 1.807) is 0 Å². The fourth-order valence-corrected chi connectivity index (χ4v) is 15.1. The molecule has 0 aliphatic heterocycles. The van der Waals surface area contributed by atoms with Crippen LogP contribution in [0.2, 0.25) is 0 Å². The van der Waals surface area contributed by atoms with Crippen LogP contribution in [-0.4, -0.2) is 67.3 Å². The smallest absolute Gasteiger partial charge is 0.345 e. The number of aliphatic hydroxyl groups excluding tert-OH is 1. The third-order valence-corrected chi connectivity index (χ3v) is 20.7. The van der Waals surface area contributed by atoms with Gasteiger partial charge in [0.05, 0.1) is 35.1 Å².